The van der Waals surface area contributed by atoms with Crippen molar-refractivity contribution in [2.24, 2.45) is 4.99 Å². The maximum absolute atomic E-state index is 12.3. The number of anilines is 1. The Morgan fingerprint density at radius 1 is 1.10 bits per heavy atom. The third-order valence-corrected chi connectivity index (χ3v) is 5.54. The molecule has 4 rings (SSSR count). The molecule has 0 saturated carbocycles. The Morgan fingerprint density at radius 3 is 2.53 bits per heavy atom. The van der Waals surface area contributed by atoms with Crippen LogP contribution < -0.4 is 10.6 Å². The Morgan fingerprint density at radius 2 is 1.83 bits per heavy atom. The molecule has 0 radical (unpaired) electrons. The van der Waals surface area contributed by atoms with Crippen molar-refractivity contribution in [3.63, 3.8) is 0 Å². The number of nitrogens with one attached hydrogen (secondary N) is 2. The van der Waals surface area contributed by atoms with Crippen molar-refractivity contribution >= 4 is 62.1 Å². The molecule has 8 heteroatoms. The monoisotopic (exact) mass is 481 g/mol. The summed E-state index contributed by atoms with van der Waals surface area (Å²) >= 11 is 4.66. The maximum Gasteiger partial charge on any atom is 0.264 e. The second-order valence-corrected chi connectivity index (χ2v) is 8.37. The first-order valence-electron chi connectivity index (χ1n) is 8.99. The number of hydrogen-bond donors (Lipinski definition) is 2. The SMILES string of the molecule is CC(=O)Nc1ccc(N=C2NC(=O)C(=Cc3ccc(-c4ccc(Br)cc4)o3)S2)cc1. The number of amides is 2. The number of carbonyl (C=O) groups excluding carboxylic acids is 2. The van der Waals surface area contributed by atoms with E-state index in [1.807, 2.05) is 36.4 Å². The number of furan rings is 1. The summed E-state index contributed by atoms with van der Waals surface area (Å²) < 4.78 is 6.85. The summed E-state index contributed by atoms with van der Waals surface area (Å²) in [6, 6.07) is 18.6. The van der Waals surface area contributed by atoms with Gasteiger partial charge in [0.2, 0.25) is 5.91 Å². The zero-order chi connectivity index (χ0) is 21.1. The number of aliphatic imine (C=N–C) groups is 1. The van der Waals surface area contributed by atoms with E-state index < -0.39 is 0 Å². The first kappa shape index (κ1) is 20.2. The molecule has 2 aromatic carbocycles. The van der Waals surface area contributed by atoms with Crippen molar-refractivity contribution in [1.29, 1.82) is 0 Å². The van der Waals surface area contributed by atoms with E-state index in [1.165, 1.54) is 18.7 Å². The molecule has 0 spiro atoms. The minimum absolute atomic E-state index is 0.135. The predicted octanol–water partition coefficient (Wildman–Crippen LogP) is 5.56. The molecular weight excluding hydrogens is 466 g/mol. The molecule has 1 fully saturated rings. The van der Waals surface area contributed by atoms with E-state index in [4.69, 9.17) is 4.42 Å². The molecule has 1 aliphatic rings. The first-order valence-corrected chi connectivity index (χ1v) is 10.6. The minimum atomic E-state index is -0.227. The van der Waals surface area contributed by atoms with Gasteiger partial charge in [-0.3, -0.25) is 9.59 Å². The van der Waals surface area contributed by atoms with Crippen molar-refractivity contribution < 1.29 is 14.0 Å². The highest BCUT2D eigenvalue weighted by Gasteiger charge is 2.24. The van der Waals surface area contributed by atoms with E-state index in [2.05, 4.69) is 31.6 Å². The lowest BCUT2D eigenvalue weighted by molar-refractivity contribution is -0.115. The van der Waals surface area contributed by atoms with Gasteiger partial charge >= 0.3 is 0 Å². The summed E-state index contributed by atoms with van der Waals surface area (Å²) in [5, 5.41) is 5.94. The van der Waals surface area contributed by atoms with E-state index in [-0.39, 0.29) is 11.8 Å². The molecule has 150 valence electrons. The number of benzene rings is 2. The Hall–Kier alpha value is -3.10. The highest BCUT2D eigenvalue weighted by molar-refractivity contribution is 9.10. The van der Waals surface area contributed by atoms with Crippen LogP contribution in [0.5, 0.6) is 0 Å². The summed E-state index contributed by atoms with van der Waals surface area (Å²) in [7, 11) is 0. The zero-order valence-corrected chi connectivity index (χ0v) is 18.2. The van der Waals surface area contributed by atoms with Crippen LogP contribution in [-0.4, -0.2) is 17.0 Å². The molecule has 0 atom stereocenters. The fourth-order valence-electron chi connectivity index (χ4n) is 2.75. The van der Waals surface area contributed by atoms with Crippen molar-refractivity contribution in [3.8, 4) is 11.3 Å². The maximum atomic E-state index is 12.3. The van der Waals surface area contributed by atoms with Gasteiger partial charge in [0.25, 0.3) is 5.91 Å². The largest absolute Gasteiger partial charge is 0.457 e. The molecule has 0 unspecified atom stereocenters. The number of amidine groups is 1. The zero-order valence-electron chi connectivity index (χ0n) is 15.8. The van der Waals surface area contributed by atoms with E-state index in [0.717, 1.165) is 15.8 Å². The van der Waals surface area contributed by atoms with Gasteiger partial charge in [-0.15, -0.1) is 0 Å². The van der Waals surface area contributed by atoms with E-state index in [9.17, 15) is 9.59 Å². The molecule has 1 aromatic heterocycles. The average Bonchev–Trinajstić information content (AvgIpc) is 3.31. The number of nitrogens with zero attached hydrogens (tertiary/aromatic N) is 1. The smallest absolute Gasteiger partial charge is 0.264 e. The minimum Gasteiger partial charge on any atom is -0.457 e. The third-order valence-electron chi connectivity index (χ3n) is 4.10. The predicted molar refractivity (Wildman–Crippen MR) is 123 cm³/mol. The van der Waals surface area contributed by atoms with Crippen LogP contribution in [0.4, 0.5) is 11.4 Å². The number of halogens is 1. The third kappa shape index (κ3) is 4.90. The van der Waals surface area contributed by atoms with Crippen molar-refractivity contribution in [2.45, 2.75) is 6.92 Å². The quantitative estimate of drug-likeness (QED) is 0.477. The van der Waals surface area contributed by atoms with Crippen LogP contribution in [-0.2, 0) is 9.59 Å². The highest BCUT2D eigenvalue weighted by atomic mass is 79.9. The first-order chi connectivity index (χ1) is 14.5. The Balaban J connectivity index is 1.48. The van der Waals surface area contributed by atoms with Crippen molar-refractivity contribution in [2.75, 3.05) is 5.32 Å². The van der Waals surface area contributed by atoms with Gasteiger partial charge in [0.1, 0.15) is 11.5 Å². The van der Waals surface area contributed by atoms with Gasteiger partial charge in [0.15, 0.2) is 5.17 Å². The molecular formula is C22H16BrN3O3S. The second-order valence-electron chi connectivity index (χ2n) is 6.42. The number of hydrogen-bond acceptors (Lipinski definition) is 5. The second kappa shape index (κ2) is 8.73. The van der Waals surface area contributed by atoms with Gasteiger partial charge < -0.3 is 15.1 Å². The molecule has 2 heterocycles. The number of thioether (sulfide) groups is 1. The molecule has 0 aliphatic carbocycles. The fraction of sp³-hybridized carbons (Fsp3) is 0.0455. The molecule has 1 saturated heterocycles. The summed E-state index contributed by atoms with van der Waals surface area (Å²) in [5.74, 6) is 0.955. The molecule has 1 aliphatic heterocycles. The van der Waals surface area contributed by atoms with Crippen LogP contribution in [0.1, 0.15) is 12.7 Å². The van der Waals surface area contributed by atoms with Gasteiger partial charge in [-0.2, -0.15) is 0 Å². The molecule has 3 aromatic rings. The standard InChI is InChI=1S/C22H16BrN3O3S/c1-13(27)24-16-6-8-17(9-7-16)25-22-26-21(28)20(30-22)12-18-10-11-19(29-18)14-2-4-15(23)5-3-14/h2-12H,1H3,(H,24,27)(H,25,26,28). The summed E-state index contributed by atoms with van der Waals surface area (Å²) in [4.78, 5) is 28.3. The highest BCUT2D eigenvalue weighted by Crippen LogP contribution is 2.30. The lowest BCUT2D eigenvalue weighted by atomic mass is 10.2. The van der Waals surface area contributed by atoms with Gasteiger partial charge in [-0.25, -0.2) is 4.99 Å². The Bertz CT molecular complexity index is 1170. The fourth-order valence-corrected chi connectivity index (χ4v) is 3.84. The van der Waals surface area contributed by atoms with Crippen LogP contribution >= 0.6 is 27.7 Å². The Labute approximate surface area is 185 Å². The van der Waals surface area contributed by atoms with Crippen LogP contribution in [0, 0.1) is 0 Å². The molecule has 2 amide bonds. The number of carbonyl (C=O) groups is 2. The lowest BCUT2D eigenvalue weighted by Crippen LogP contribution is -2.19. The lowest BCUT2D eigenvalue weighted by Gasteiger charge is -2.02. The number of rotatable bonds is 4. The van der Waals surface area contributed by atoms with Crippen LogP contribution in [0.15, 0.2) is 79.5 Å². The molecule has 2 N–H and O–H groups in total. The van der Waals surface area contributed by atoms with E-state index in [1.54, 1.807) is 30.3 Å². The summed E-state index contributed by atoms with van der Waals surface area (Å²) in [6.45, 7) is 1.45. The van der Waals surface area contributed by atoms with E-state index in [0.29, 0.717) is 27.2 Å². The van der Waals surface area contributed by atoms with Gasteiger partial charge in [0.05, 0.1) is 10.6 Å². The van der Waals surface area contributed by atoms with Crippen LogP contribution in [0.3, 0.4) is 0 Å². The van der Waals surface area contributed by atoms with E-state index >= 15 is 0 Å². The Kier molecular flexibility index (Phi) is 5.87. The van der Waals surface area contributed by atoms with Crippen LogP contribution in [0.25, 0.3) is 17.4 Å². The van der Waals surface area contributed by atoms with Gasteiger partial charge in [-0.1, -0.05) is 28.1 Å². The van der Waals surface area contributed by atoms with Gasteiger partial charge in [0, 0.05) is 28.7 Å². The average molecular weight is 482 g/mol. The van der Waals surface area contributed by atoms with Crippen LogP contribution in [0.2, 0.25) is 0 Å². The summed E-state index contributed by atoms with van der Waals surface area (Å²) in [5.41, 5.74) is 2.31. The molecule has 0 bridgehead atoms. The van der Waals surface area contributed by atoms with Crippen molar-refractivity contribution in [3.05, 3.63) is 75.8 Å². The van der Waals surface area contributed by atoms with Gasteiger partial charge in [-0.05, 0) is 60.3 Å². The topological polar surface area (TPSA) is 83.7 Å². The molecule has 6 nitrogen and oxygen atoms in total. The molecule has 30 heavy (non-hydrogen) atoms. The normalized spacial score (nSPS) is 16.1. The van der Waals surface area contributed by atoms with Crippen molar-refractivity contribution in [1.82, 2.24) is 5.32 Å². The summed E-state index contributed by atoms with van der Waals surface area (Å²) in [6.07, 6.45) is 1.70.